The molecule has 0 amide bonds. The van der Waals surface area contributed by atoms with Gasteiger partial charge < -0.3 is 0 Å². The highest BCUT2D eigenvalue weighted by Gasteiger charge is 2.02. The first-order valence-corrected chi connectivity index (χ1v) is 4.34. The first-order chi connectivity index (χ1) is 4.66. The summed E-state index contributed by atoms with van der Waals surface area (Å²) in [7, 11) is 0. The number of nitrogens with zero attached hydrogens (tertiary/aromatic N) is 1. The van der Waals surface area contributed by atoms with Crippen molar-refractivity contribution in [3.8, 4) is 0 Å². The van der Waals surface area contributed by atoms with Crippen LogP contribution in [0.4, 0.5) is 0 Å². The predicted octanol–water partition coefficient (Wildman–Crippen LogP) is 2.22. The molecule has 1 unspecified atom stereocenters. The zero-order valence-electron chi connectivity index (χ0n) is 6.05. The van der Waals surface area contributed by atoms with E-state index in [1.807, 2.05) is 0 Å². The van der Waals surface area contributed by atoms with Crippen LogP contribution in [0.2, 0.25) is 0 Å². The Labute approximate surface area is 69.1 Å². The molecule has 0 rings (SSSR count). The third kappa shape index (κ3) is 6.01. The van der Waals surface area contributed by atoms with Crippen molar-refractivity contribution in [2.75, 3.05) is 6.54 Å². The van der Waals surface area contributed by atoms with Crippen LogP contribution in [0.1, 0.15) is 26.2 Å². The number of alkyl halides is 1. The summed E-state index contributed by atoms with van der Waals surface area (Å²) in [5.41, 5.74) is 0. The maximum atomic E-state index is 9.86. The van der Waals surface area contributed by atoms with Crippen LogP contribution in [0.15, 0.2) is 0 Å². The molecular weight excluding hydrogens is 198 g/mol. The van der Waals surface area contributed by atoms with Gasteiger partial charge in [-0.2, -0.15) is 0 Å². The molecule has 0 saturated heterocycles. The zero-order chi connectivity index (χ0) is 7.98. The standard InChI is InChI=1S/C6H12BrNO2/c1-2-6(7)4-3-5-8(9)10/h6H,2-5H2,1H3. The summed E-state index contributed by atoms with van der Waals surface area (Å²) in [6.07, 6.45) is 2.62. The van der Waals surface area contributed by atoms with E-state index >= 15 is 0 Å². The average Bonchev–Trinajstić information content (AvgIpc) is 1.87. The van der Waals surface area contributed by atoms with E-state index in [1.165, 1.54) is 0 Å². The van der Waals surface area contributed by atoms with Gasteiger partial charge in [-0.05, 0) is 12.8 Å². The van der Waals surface area contributed by atoms with Crippen LogP contribution in [-0.2, 0) is 0 Å². The second-order valence-electron chi connectivity index (χ2n) is 2.20. The van der Waals surface area contributed by atoms with E-state index in [0.717, 1.165) is 12.8 Å². The van der Waals surface area contributed by atoms with Crippen LogP contribution < -0.4 is 0 Å². The molecule has 10 heavy (non-hydrogen) atoms. The number of nitro groups is 1. The quantitative estimate of drug-likeness (QED) is 0.396. The Morgan fingerprint density at radius 3 is 2.70 bits per heavy atom. The van der Waals surface area contributed by atoms with E-state index in [0.29, 0.717) is 11.2 Å². The van der Waals surface area contributed by atoms with Gasteiger partial charge in [0.2, 0.25) is 6.54 Å². The van der Waals surface area contributed by atoms with Crippen molar-refractivity contribution < 1.29 is 4.92 Å². The smallest absolute Gasteiger partial charge is 0.203 e. The van der Waals surface area contributed by atoms with Crippen molar-refractivity contribution in [1.29, 1.82) is 0 Å². The molecule has 1 atom stereocenters. The fraction of sp³-hybridized carbons (Fsp3) is 1.00. The minimum Gasteiger partial charge on any atom is -0.265 e. The van der Waals surface area contributed by atoms with Gasteiger partial charge >= 0.3 is 0 Å². The van der Waals surface area contributed by atoms with Crippen molar-refractivity contribution in [1.82, 2.24) is 0 Å². The fourth-order valence-electron chi connectivity index (χ4n) is 0.646. The van der Waals surface area contributed by atoms with Crippen molar-refractivity contribution in [3.05, 3.63) is 10.1 Å². The Bertz CT molecular complexity index is 108. The molecule has 0 spiro atoms. The first kappa shape index (κ1) is 9.88. The molecule has 0 heterocycles. The average molecular weight is 210 g/mol. The van der Waals surface area contributed by atoms with E-state index < -0.39 is 0 Å². The van der Waals surface area contributed by atoms with Gasteiger partial charge in [-0.3, -0.25) is 10.1 Å². The maximum Gasteiger partial charge on any atom is 0.203 e. The minimum atomic E-state index is -0.268. The van der Waals surface area contributed by atoms with Crippen LogP contribution in [0.5, 0.6) is 0 Å². The molecule has 0 aliphatic heterocycles. The van der Waals surface area contributed by atoms with E-state index in [-0.39, 0.29) is 11.5 Å². The summed E-state index contributed by atoms with van der Waals surface area (Å²) in [6.45, 7) is 2.16. The van der Waals surface area contributed by atoms with Crippen LogP contribution in [-0.4, -0.2) is 16.3 Å². The van der Waals surface area contributed by atoms with Gasteiger partial charge in [-0.25, -0.2) is 0 Å². The molecule has 0 radical (unpaired) electrons. The van der Waals surface area contributed by atoms with Gasteiger partial charge in [0, 0.05) is 16.2 Å². The summed E-state index contributed by atoms with van der Waals surface area (Å²) in [6, 6.07) is 0. The Balaban J connectivity index is 3.11. The lowest BCUT2D eigenvalue weighted by Gasteiger charge is -2.01. The Morgan fingerprint density at radius 1 is 1.70 bits per heavy atom. The molecule has 0 bridgehead atoms. The molecule has 0 aliphatic carbocycles. The second-order valence-corrected chi connectivity index (χ2v) is 3.50. The third-order valence-electron chi connectivity index (χ3n) is 1.30. The van der Waals surface area contributed by atoms with Crippen LogP contribution >= 0.6 is 15.9 Å². The van der Waals surface area contributed by atoms with Crippen LogP contribution in [0, 0.1) is 10.1 Å². The summed E-state index contributed by atoms with van der Waals surface area (Å²) in [5.74, 6) is 0. The highest BCUT2D eigenvalue weighted by Crippen LogP contribution is 2.10. The Kier molecular flexibility index (Phi) is 5.58. The summed E-state index contributed by atoms with van der Waals surface area (Å²) >= 11 is 3.40. The molecule has 0 aromatic heterocycles. The normalized spacial score (nSPS) is 13.0. The summed E-state index contributed by atoms with van der Waals surface area (Å²) in [5, 5.41) is 9.86. The molecule has 0 aromatic rings. The molecule has 0 saturated carbocycles. The van der Waals surface area contributed by atoms with Crippen LogP contribution in [0.3, 0.4) is 0 Å². The molecule has 3 nitrogen and oxygen atoms in total. The molecular formula is C6H12BrNO2. The Hall–Kier alpha value is -0.120. The number of rotatable bonds is 5. The maximum absolute atomic E-state index is 9.86. The Morgan fingerprint density at radius 2 is 2.30 bits per heavy atom. The van der Waals surface area contributed by atoms with Crippen molar-refractivity contribution >= 4 is 15.9 Å². The highest BCUT2D eigenvalue weighted by atomic mass is 79.9. The lowest BCUT2D eigenvalue weighted by Crippen LogP contribution is -2.03. The van der Waals surface area contributed by atoms with Gasteiger partial charge in [0.25, 0.3) is 0 Å². The largest absolute Gasteiger partial charge is 0.265 e. The molecule has 0 fully saturated rings. The minimum absolute atomic E-state index is 0.0993. The lowest BCUT2D eigenvalue weighted by molar-refractivity contribution is -0.480. The molecule has 60 valence electrons. The van der Waals surface area contributed by atoms with Gasteiger partial charge in [-0.1, -0.05) is 22.9 Å². The molecule has 0 aromatic carbocycles. The highest BCUT2D eigenvalue weighted by molar-refractivity contribution is 9.09. The SMILES string of the molecule is CCC(Br)CCC[N+](=O)[O-]. The summed E-state index contributed by atoms with van der Waals surface area (Å²) < 4.78 is 0. The topological polar surface area (TPSA) is 43.1 Å². The summed E-state index contributed by atoms with van der Waals surface area (Å²) in [4.78, 5) is 10.0. The van der Waals surface area contributed by atoms with Crippen LogP contribution in [0.25, 0.3) is 0 Å². The van der Waals surface area contributed by atoms with Gasteiger partial charge in [0.05, 0.1) is 0 Å². The monoisotopic (exact) mass is 209 g/mol. The molecule has 0 aliphatic rings. The molecule has 4 heteroatoms. The number of hydrogen-bond acceptors (Lipinski definition) is 2. The van der Waals surface area contributed by atoms with E-state index in [4.69, 9.17) is 0 Å². The first-order valence-electron chi connectivity index (χ1n) is 3.42. The predicted molar refractivity (Wildman–Crippen MR) is 44.1 cm³/mol. The van der Waals surface area contributed by atoms with Gasteiger partial charge in [0.15, 0.2) is 0 Å². The van der Waals surface area contributed by atoms with E-state index in [2.05, 4.69) is 22.9 Å². The van der Waals surface area contributed by atoms with E-state index in [1.54, 1.807) is 0 Å². The van der Waals surface area contributed by atoms with Gasteiger partial charge in [0.1, 0.15) is 0 Å². The van der Waals surface area contributed by atoms with E-state index in [9.17, 15) is 10.1 Å². The number of hydrogen-bond donors (Lipinski definition) is 0. The zero-order valence-corrected chi connectivity index (χ0v) is 7.63. The van der Waals surface area contributed by atoms with Gasteiger partial charge in [-0.15, -0.1) is 0 Å². The third-order valence-corrected chi connectivity index (χ3v) is 2.41. The van der Waals surface area contributed by atoms with Crippen molar-refractivity contribution in [2.24, 2.45) is 0 Å². The number of halogens is 1. The second kappa shape index (κ2) is 5.65. The van der Waals surface area contributed by atoms with Crippen molar-refractivity contribution in [3.63, 3.8) is 0 Å². The fourth-order valence-corrected chi connectivity index (χ4v) is 0.970. The molecule has 0 N–H and O–H groups in total. The van der Waals surface area contributed by atoms with Crippen molar-refractivity contribution in [2.45, 2.75) is 31.0 Å². The lowest BCUT2D eigenvalue weighted by atomic mass is 10.2.